The summed E-state index contributed by atoms with van der Waals surface area (Å²) in [5.74, 6) is 1.76. The van der Waals surface area contributed by atoms with Crippen LogP contribution in [0, 0.1) is 0 Å². The van der Waals surface area contributed by atoms with Gasteiger partial charge in [-0.25, -0.2) is 0 Å². The zero-order valence-electron chi connectivity index (χ0n) is 15.5. The van der Waals surface area contributed by atoms with Crippen molar-refractivity contribution in [2.75, 3.05) is 25.7 Å². The standard InChI is InChI=1S/C20H18BrNO4S2/c1-4-26-14-7-5-13(6-8-14)22-19(23)17(28-20(22)27)11-12-9-15(21)18(25-3)16(10-12)24-2/h5-11H,4H2,1-3H3/b17-11+. The SMILES string of the molecule is CCOc1ccc(N2C(=O)/C(=C\c3cc(Br)c(OC)c(OC)c3)SC2=S)cc1. The maximum Gasteiger partial charge on any atom is 0.270 e. The molecule has 0 saturated carbocycles. The Morgan fingerprint density at radius 2 is 1.89 bits per heavy atom. The minimum absolute atomic E-state index is 0.162. The van der Waals surface area contributed by atoms with Gasteiger partial charge in [0.25, 0.3) is 5.91 Å². The molecule has 146 valence electrons. The van der Waals surface area contributed by atoms with Crippen LogP contribution in [0.5, 0.6) is 17.2 Å². The molecule has 2 aromatic rings. The summed E-state index contributed by atoms with van der Waals surface area (Å²) in [7, 11) is 3.14. The zero-order chi connectivity index (χ0) is 20.3. The number of halogens is 1. The van der Waals surface area contributed by atoms with Gasteiger partial charge in [-0.3, -0.25) is 9.69 Å². The number of amides is 1. The first-order valence-electron chi connectivity index (χ1n) is 8.40. The highest BCUT2D eigenvalue weighted by Crippen LogP contribution is 2.40. The molecule has 0 aliphatic carbocycles. The van der Waals surface area contributed by atoms with E-state index in [1.165, 1.54) is 16.7 Å². The second-order valence-corrected chi connectivity index (χ2v) is 8.21. The van der Waals surface area contributed by atoms with Crippen molar-refractivity contribution in [3.05, 3.63) is 51.3 Å². The first-order valence-corrected chi connectivity index (χ1v) is 10.4. The van der Waals surface area contributed by atoms with E-state index in [9.17, 15) is 4.79 Å². The number of rotatable bonds is 6. The molecule has 5 nitrogen and oxygen atoms in total. The lowest BCUT2D eigenvalue weighted by Gasteiger charge is -2.15. The van der Waals surface area contributed by atoms with Gasteiger partial charge in [-0.2, -0.15) is 0 Å². The van der Waals surface area contributed by atoms with Gasteiger partial charge in [-0.15, -0.1) is 0 Å². The molecule has 0 N–H and O–H groups in total. The van der Waals surface area contributed by atoms with Gasteiger partial charge >= 0.3 is 0 Å². The molecule has 1 saturated heterocycles. The van der Waals surface area contributed by atoms with Crippen LogP contribution in [0.4, 0.5) is 5.69 Å². The number of anilines is 1. The summed E-state index contributed by atoms with van der Waals surface area (Å²) >= 11 is 10.2. The Balaban J connectivity index is 1.90. The zero-order valence-corrected chi connectivity index (χ0v) is 18.7. The van der Waals surface area contributed by atoms with Crippen molar-refractivity contribution in [3.63, 3.8) is 0 Å². The normalized spacial score (nSPS) is 15.3. The van der Waals surface area contributed by atoms with E-state index in [-0.39, 0.29) is 5.91 Å². The molecule has 0 bridgehead atoms. The highest BCUT2D eigenvalue weighted by Gasteiger charge is 2.33. The third-order valence-corrected chi connectivity index (χ3v) is 5.84. The molecule has 0 radical (unpaired) electrons. The third kappa shape index (κ3) is 4.19. The molecule has 1 fully saturated rings. The largest absolute Gasteiger partial charge is 0.494 e. The average molecular weight is 480 g/mol. The number of hydrogen-bond acceptors (Lipinski definition) is 6. The molecule has 0 unspecified atom stereocenters. The van der Waals surface area contributed by atoms with Crippen molar-refractivity contribution >= 4 is 61.9 Å². The van der Waals surface area contributed by atoms with Gasteiger partial charge in [0.15, 0.2) is 15.8 Å². The summed E-state index contributed by atoms with van der Waals surface area (Å²) in [5.41, 5.74) is 1.51. The van der Waals surface area contributed by atoms with Gasteiger partial charge in [-0.05, 0) is 70.9 Å². The summed E-state index contributed by atoms with van der Waals surface area (Å²) in [5, 5.41) is 0. The van der Waals surface area contributed by atoms with Crippen LogP contribution < -0.4 is 19.1 Å². The lowest BCUT2D eigenvalue weighted by Crippen LogP contribution is -2.27. The van der Waals surface area contributed by atoms with Crippen molar-refractivity contribution in [2.24, 2.45) is 0 Å². The topological polar surface area (TPSA) is 48.0 Å². The molecular formula is C20H18BrNO4S2. The van der Waals surface area contributed by atoms with Crippen molar-refractivity contribution in [1.82, 2.24) is 0 Å². The minimum Gasteiger partial charge on any atom is -0.494 e. The van der Waals surface area contributed by atoms with E-state index in [0.717, 1.165) is 15.8 Å². The van der Waals surface area contributed by atoms with Gasteiger partial charge in [0, 0.05) is 0 Å². The summed E-state index contributed by atoms with van der Waals surface area (Å²) < 4.78 is 17.4. The maximum absolute atomic E-state index is 12.9. The van der Waals surface area contributed by atoms with Crippen LogP contribution in [0.3, 0.4) is 0 Å². The van der Waals surface area contributed by atoms with E-state index in [2.05, 4.69) is 15.9 Å². The molecule has 0 spiro atoms. The van der Waals surface area contributed by atoms with E-state index in [1.807, 2.05) is 43.3 Å². The lowest BCUT2D eigenvalue weighted by molar-refractivity contribution is -0.113. The molecule has 8 heteroatoms. The Bertz CT molecular complexity index is 944. The third-order valence-electron chi connectivity index (χ3n) is 3.95. The Kier molecular flexibility index (Phi) is 6.64. The Hall–Kier alpha value is -2.03. The second kappa shape index (κ2) is 8.98. The summed E-state index contributed by atoms with van der Waals surface area (Å²) in [4.78, 5) is 15.0. The predicted molar refractivity (Wildman–Crippen MR) is 121 cm³/mol. The van der Waals surface area contributed by atoms with Gasteiger partial charge in [0.05, 0.1) is 35.9 Å². The second-order valence-electron chi connectivity index (χ2n) is 5.68. The molecule has 1 aliphatic heterocycles. The van der Waals surface area contributed by atoms with Crippen molar-refractivity contribution in [2.45, 2.75) is 6.92 Å². The van der Waals surface area contributed by atoms with E-state index in [0.29, 0.717) is 33.0 Å². The van der Waals surface area contributed by atoms with Gasteiger partial charge < -0.3 is 14.2 Å². The number of nitrogens with zero attached hydrogens (tertiary/aromatic N) is 1. The molecule has 3 rings (SSSR count). The van der Waals surface area contributed by atoms with Crippen LogP contribution in [-0.4, -0.2) is 31.1 Å². The average Bonchev–Trinajstić information content (AvgIpc) is 2.95. The number of thiocarbonyl (C=S) groups is 1. The maximum atomic E-state index is 12.9. The van der Waals surface area contributed by atoms with Crippen LogP contribution in [0.15, 0.2) is 45.8 Å². The van der Waals surface area contributed by atoms with Crippen molar-refractivity contribution in [1.29, 1.82) is 0 Å². The van der Waals surface area contributed by atoms with E-state index < -0.39 is 0 Å². The van der Waals surface area contributed by atoms with E-state index >= 15 is 0 Å². The van der Waals surface area contributed by atoms with E-state index in [4.69, 9.17) is 26.4 Å². The number of benzene rings is 2. The number of carbonyl (C=O) groups is 1. The quantitative estimate of drug-likeness (QED) is 0.415. The smallest absolute Gasteiger partial charge is 0.270 e. The Morgan fingerprint density at radius 3 is 2.50 bits per heavy atom. The number of hydrogen-bond donors (Lipinski definition) is 0. The fourth-order valence-corrected chi connectivity index (χ4v) is 4.64. The van der Waals surface area contributed by atoms with Gasteiger partial charge in [-0.1, -0.05) is 24.0 Å². The first kappa shape index (κ1) is 20.7. The minimum atomic E-state index is -0.162. The molecule has 0 atom stereocenters. The monoisotopic (exact) mass is 479 g/mol. The van der Waals surface area contributed by atoms with Crippen molar-refractivity contribution < 1.29 is 19.0 Å². The highest BCUT2D eigenvalue weighted by molar-refractivity contribution is 9.10. The Labute approximate surface area is 181 Å². The Morgan fingerprint density at radius 1 is 1.18 bits per heavy atom. The lowest BCUT2D eigenvalue weighted by atomic mass is 10.1. The number of methoxy groups -OCH3 is 2. The molecule has 1 aliphatic rings. The van der Waals surface area contributed by atoms with E-state index in [1.54, 1.807) is 20.3 Å². The summed E-state index contributed by atoms with van der Waals surface area (Å²) in [6, 6.07) is 11.0. The van der Waals surface area contributed by atoms with Crippen LogP contribution >= 0.6 is 39.9 Å². The predicted octanol–water partition coefficient (Wildman–Crippen LogP) is 5.27. The summed E-state index contributed by atoms with van der Waals surface area (Å²) in [6.07, 6.45) is 1.79. The van der Waals surface area contributed by atoms with Crippen molar-refractivity contribution in [3.8, 4) is 17.2 Å². The van der Waals surface area contributed by atoms with Crippen LogP contribution in [-0.2, 0) is 4.79 Å². The summed E-state index contributed by atoms with van der Waals surface area (Å²) in [6.45, 7) is 2.51. The number of thioether (sulfide) groups is 1. The number of ether oxygens (including phenoxy) is 3. The van der Waals surface area contributed by atoms with Crippen LogP contribution in [0.25, 0.3) is 6.08 Å². The fourth-order valence-electron chi connectivity index (χ4n) is 2.72. The first-order chi connectivity index (χ1) is 13.5. The molecule has 1 heterocycles. The van der Waals surface area contributed by atoms with Gasteiger partial charge in [0.1, 0.15) is 5.75 Å². The molecule has 28 heavy (non-hydrogen) atoms. The molecule has 1 amide bonds. The molecule has 0 aromatic heterocycles. The fraction of sp³-hybridized carbons (Fsp3) is 0.200. The van der Waals surface area contributed by atoms with Gasteiger partial charge in [0.2, 0.25) is 0 Å². The molecular weight excluding hydrogens is 462 g/mol. The highest BCUT2D eigenvalue weighted by atomic mass is 79.9. The number of carbonyl (C=O) groups excluding carboxylic acids is 1. The molecule has 2 aromatic carbocycles. The van der Waals surface area contributed by atoms with Crippen LogP contribution in [0.1, 0.15) is 12.5 Å². The van der Waals surface area contributed by atoms with Crippen LogP contribution in [0.2, 0.25) is 0 Å².